The Morgan fingerprint density at radius 3 is 2.57 bits per heavy atom. The van der Waals surface area contributed by atoms with E-state index in [2.05, 4.69) is 5.32 Å². The van der Waals surface area contributed by atoms with Crippen LogP contribution in [0.25, 0.3) is 0 Å². The first-order chi connectivity index (χ1) is 10.1. The highest BCUT2D eigenvalue weighted by Crippen LogP contribution is 2.11. The average molecular weight is 290 g/mol. The fourth-order valence-corrected chi connectivity index (χ4v) is 1.72. The molecule has 0 aromatic heterocycles. The van der Waals surface area contributed by atoms with Crippen molar-refractivity contribution in [2.45, 2.75) is 19.8 Å². The van der Waals surface area contributed by atoms with E-state index in [0.29, 0.717) is 17.7 Å². The molecule has 0 heterocycles. The molecule has 1 aromatic rings. The third kappa shape index (κ3) is 5.95. The van der Waals surface area contributed by atoms with E-state index in [1.807, 2.05) is 13.0 Å². The summed E-state index contributed by atoms with van der Waals surface area (Å²) in [5, 5.41) is 20.2. The second kappa shape index (κ2) is 8.59. The predicted octanol–water partition coefficient (Wildman–Crippen LogP) is 1.55. The first-order valence-electron chi connectivity index (χ1n) is 6.69. The molecule has 1 aromatic carbocycles. The van der Waals surface area contributed by atoms with Crippen LogP contribution in [0.3, 0.4) is 0 Å². The monoisotopic (exact) mass is 290 g/mol. The van der Waals surface area contributed by atoms with Crippen LogP contribution >= 0.6 is 0 Å². The summed E-state index contributed by atoms with van der Waals surface area (Å²) in [6.07, 6.45) is 1.26. The second-order valence-electron chi connectivity index (χ2n) is 4.55. The van der Waals surface area contributed by atoms with Crippen molar-refractivity contribution in [1.82, 2.24) is 5.32 Å². The van der Waals surface area contributed by atoms with Crippen molar-refractivity contribution < 1.29 is 19.4 Å². The lowest BCUT2D eigenvalue weighted by Gasteiger charge is -2.12. The molecule has 1 atom stereocenters. The molecule has 0 aliphatic rings. The minimum absolute atomic E-state index is 0.0960. The van der Waals surface area contributed by atoms with E-state index in [9.17, 15) is 9.59 Å². The fraction of sp³-hybridized carbons (Fsp3) is 0.400. The van der Waals surface area contributed by atoms with E-state index in [4.69, 9.17) is 15.1 Å². The Balaban J connectivity index is 2.36. The number of aliphatic carboxylic acids is 1. The molecule has 6 heteroatoms. The summed E-state index contributed by atoms with van der Waals surface area (Å²) in [5.74, 6) is -1.38. The molecule has 0 spiro atoms. The SMILES string of the molecule is CCCC(CNC(=O)COc1ccc(C#N)cc1)C(=O)O. The van der Waals surface area contributed by atoms with Crippen LogP contribution in [0.4, 0.5) is 0 Å². The van der Waals surface area contributed by atoms with Crippen LogP contribution in [0.15, 0.2) is 24.3 Å². The highest BCUT2D eigenvalue weighted by molar-refractivity contribution is 5.78. The average Bonchev–Trinajstić information content (AvgIpc) is 2.49. The topological polar surface area (TPSA) is 99.4 Å². The molecular weight excluding hydrogens is 272 g/mol. The number of carboxylic acid groups (broad SMARTS) is 1. The molecule has 0 fully saturated rings. The summed E-state index contributed by atoms with van der Waals surface area (Å²) in [6.45, 7) is 1.80. The molecule has 112 valence electrons. The Kier molecular flexibility index (Phi) is 6.75. The van der Waals surface area contributed by atoms with Gasteiger partial charge in [-0.3, -0.25) is 9.59 Å². The zero-order chi connectivity index (χ0) is 15.7. The number of rotatable bonds is 8. The summed E-state index contributed by atoms with van der Waals surface area (Å²) in [4.78, 5) is 22.5. The lowest BCUT2D eigenvalue weighted by Crippen LogP contribution is -2.35. The van der Waals surface area contributed by atoms with Crippen LogP contribution in [0, 0.1) is 17.2 Å². The number of nitriles is 1. The Labute approximate surface area is 123 Å². The van der Waals surface area contributed by atoms with Gasteiger partial charge in [0.25, 0.3) is 5.91 Å². The number of hydrogen-bond donors (Lipinski definition) is 2. The van der Waals surface area contributed by atoms with Crippen LogP contribution in [0.2, 0.25) is 0 Å². The van der Waals surface area contributed by atoms with Crippen molar-refractivity contribution in [2.75, 3.05) is 13.2 Å². The van der Waals surface area contributed by atoms with Crippen LogP contribution < -0.4 is 10.1 Å². The molecule has 0 aliphatic heterocycles. The number of nitrogens with zero attached hydrogens (tertiary/aromatic N) is 1. The molecular formula is C15H18N2O4. The van der Waals surface area contributed by atoms with E-state index in [-0.39, 0.29) is 19.1 Å². The van der Waals surface area contributed by atoms with E-state index in [1.165, 1.54) is 0 Å². The van der Waals surface area contributed by atoms with Gasteiger partial charge in [0, 0.05) is 6.54 Å². The third-order valence-electron chi connectivity index (χ3n) is 2.89. The van der Waals surface area contributed by atoms with Gasteiger partial charge in [-0.25, -0.2) is 0 Å². The van der Waals surface area contributed by atoms with Gasteiger partial charge in [0.05, 0.1) is 17.6 Å². The quantitative estimate of drug-likeness (QED) is 0.756. The number of hydrogen-bond acceptors (Lipinski definition) is 4. The molecule has 0 saturated heterocycles. The molecule has 0 aliphatic carbocycles. The highest BCUT2D eigenvalue weighted by Gasteiger charge is 2.17. The number of ether oxygens (including phenoxy) is 1. The maximum Gasteiger partial charge on any atom is 0.308 e. The Morgan fingerprint density at radius 1 is 1.38 bits per heavy atom. The van der Waals surface area contributed by atoms with Crippen LogP contribution in [-0.2, 0) is 9.59 Å². The van der Waals surface area contributed by atoms with Crippen molar-refractivity contribution in [2.24, 2.45) is 5.92 Å². The van der Waals surface area contributed by atoms with Gasteiger partial charge < -0.3 is 15.2 Å². The van der Waals surface area contributed by atoms with Crippen LogP contribution in [0.1, 0.15) is 25.3 Å². The second-order valence-corrected chi connectivity index (χ2v) is 4.55. The molecule has 1 amide bonds. The van der Waals surface area contributed by atoms with E-state index in [0.717, 1.165) is 6.42 Å². The maximum absolute atomic E-state index is 11.6. The lowest BCUT2D eigenvalue weighted by atomic mass is 10.0. The lowest BCUT2D eigenvalue weighted by molar-refractivity contribution is -0.142. The molecule has 2 N–H and O–H groups in total. The summed E-state index contributed by atoms with van der Waals surface area (Å²) in [6, 6.07) is 8.37. The smallest absolute Gasteiger partial charge is 0.308 e. The van der Waals surface area contributed by atoms with Gasteiger partial charge in [-0.05, 0) is 30.7 Å². The zero-order valence-electron chi connectivity index (χ0n) is 11.8. The normalized spacial score (nSPS) is 11.2. The van der Waals surface area contributed by atoms with E-state index < -0.39 is 11.9 Å². The van der Waals surface area contributed by atoms with Crippen molar-refractivity contribution in [3.63, 3.8) is 0 Å². The maximum atomic E-state index is 11.6. The zero-order valence-corrected chi connectivity index (χ0v) is 11.8. The van der Waals surface area contributed by atoms with Gasteiger partial charge in [0.2, 0.25) is 0 Å². The molecule has 21 heavy (non-hydrogen) atoms. The fourth-order valence-electron chi connectivity index (χ4n) is 1.72. The summed E-state index contributed by atoms with van der Waals surface area (Å²) in [5.41, 5.74) is 0.510. The van der Waals surface area contributed by atoms with E-state index in [1.54, 1.807) is 24.3 Å². The van der Waals surface area contributed by atoms with Gasteiger partial charge >= 0.3 is 5.97 Å². The van der Waals surface area contributed by atoms with Gasteiger partial charge in [0.15, 0.2) is 6.61 Å². The third-order valence-corrected chi connectivity index (χ3v) is 2.89. The Bertz CT molecular complexity index is 519. The number of amides is 1. The van der Waals surface area contributed by atoms with E-state index >= 15 is 0 Å². The summed E-state index contributed by atoms with van der Waals surface area (Å²) < 4.78 is 5.25. The van der Waals surface area contributed by atoms with Crippen molar-refractivity contribution >= 4 is 11.9 Å². The van der Waals surface area contributed by atoms with Gasteiger partial charge in [-0.1, -0.05) is 13.3 Å². The largest absolute Gasteiger partial charge is 0.484 e. The van der Waals surface area contributed by atoms with Gasteiger partial charge in [-0.15, -0.1) is 0 Å². The number of carbonyl (C=O) groups is 2. The first-order valence-corrected chi connectivity index (χ1v) is 6.69. The van der Waals surface area contributed by atoms with Crippen molar-refractivity contribution in [1.29, 1.82) is 5.26 Å². The minimum Gasteiger partial charge on any atom is -0.484 e. The molecule has 1 rings (SSSR count). The standard InChI is InChI=1S/C15H18N2O4/c1-2-3-12(15(19)20)9-17-14(18)10-21-13-6-4-11(8-16)5-7-13/h4-7,12H,2-3,9-10H2,1H3,(H,17,18)(H,19,20). The number of nitrogens with one attached hydrogen (secondary N) is 1. The van der Waals surface area contributed by atoms with Gasteiger partial charge in [-0.2, -0.15) is 5.26 Å². The summed E-state index contributed by atoms with van der Waals surface area (Å²) in [7, 11) is 0. The highest BCUT2D eigenvalue weighted by atomic mass is 16.5. The Hall–Kier alpha value is -2.55. The molecule has 1 unspecified atom stereocenters. The summed E-state index contributed by atoms with van der Waals surface area (Å²) >= 11 is 0. The minimum atomic E-state index is -0.912. The molecule has 6 nitrogen and oxygen atoms in total. The van der Waals surface area contributed by atoms with Crippen LogP contribution in [-0.4, -0.2) is 30.1 Å². The molecule has 0 bridgehead atoms. The first kappa shape index (κ1) is 16.5. The van der Waals surface area contributed by atoms with Crippen LogP contribution in [0.5, 0.6) is 5.75 Å². The van der Waals surface area contributed by atoms with Crippen molar-refractivity contribution in [3.8, 4) is 11.8 Å². The Morgan fingerprint density at radius 2 is 2.05 bits per heavy atom. The predicted molar refractivity (Wildman–Crippen MR) is 75.7 cm³/mol. The molecule has 0 saturated carbocycles. The number of carboxylic acids is 1. The number of carbonyl (C=O) groups excluding carboxylic acids is 1. The van der Waals surface area contributed by atoms with Gasteiger partial charge in [0.1, 0.15) is 5.75 Å². The number of benzene rings is 1. The van der Waals surface area contributed by atoms with Crippen molar-refractivity contribution in [3.05, 3.63) is 29.8 Å². The molecule has 0 radical (unpaired) electrons.